The topological polar surface area (TPSA) is 50.2 Å². The number of nitrogens with zero attached hydrogens (tertiary/aromatic N) is 1. The van der Waals surface area contributed by atoms with Gasteiger partial charge in [-0.15, -0.1) is 0 Å². The molecule has 76 valence electrons. The smallest absolute Gasteiger partial charge is 0.354 e. The number of carboxylic acid groups (broad SMARTS) is 1. The van der Waals surface area contributed by atoms with Crippen LogP contribution in [-0.2, 0) is 0 Å². The van der Waals surface area contributed by atoms with Gasteiger partial charge >= 0.3 is 5.97 Å². The van der Waals surface area contributed by atoms with Gasteiger partial charge in [-0.25, -0.2) is 18.6 Å². The molecule has 1 aromatic heterocycles. The zero-order chi connectivity index (χ0) is 10.9. The molecule has 7 heteroatoms. The standard InChI is InChI=1S/C7H3BrClF2NO2/c8-5-4(9)2(6(10)11)1-3(12-5)7(13)14/h1,6H,(H,13,14). The van der Waals surface area contributed by atoms with Crippen LogP contribution in [0.3, 0.4) is 0 Å². The average molecular weight is 286 g/mol. The Morgan fingerprint density at radius 1 is 1.64 bits per heavy atom. The monoisotopic (exact) mass is 285 g/mol. The van der Waals surface area contributed by atoms with Gasteiger partial charge in [-0.05, 0) is 22.0 Å². The lowest BCUT2D eigenvalue weighted by molar-refractivity contribution is 0.0689. The molecule has 0 spiro atoms. The van der Waals surface area contributed by atoms with Crippen molar-refractivity contribution in [2.75, 3.05) is 0 Å². The highest BCUT2D eigenvalue weighted by atomic mass is 79.9. The van der Waals surface area contributed by atoms with Gasteiger partial charge in [0.2, 0.25) is 0 Å². The molecule has 0 amide bonds. The summed E-state index contributed by atoms with van der Waals surface area (Å²) in [6.07, 6.45) is -2.83. The van der Waals surface area contributed by atoms with Crippen LogP contribution >= 0.6 is 27.5 Å². The summed E-state index contributed by atoms with van der Waals surface area (Å²) in [7, 11) is 0. The summed E-state index contributed by atoms with van der Waals surface area (Å²) in [6.45, 7) is 0. The Balaban J connectivity index is 3.35. The maximum atomic E-state index is 12.3. The van der Waals surface area contributed by atoms with Crippen LogP contribution in [0.4, 0.5) is 8.78 Å². The molecule has 0 aliphatic heterocycles. The largest absolute Gasteiger partial charge is 0.477 e. The minimum Gasteiger partial charge on any atom is -0.477 e. The lowest BCUT2D eigenvalue weighted by Gasteiger charge is -2.05. The highest BCUT2D eigenvalue weighted by molar-refractivity contribution is 9.10. The summed E-state index contributed by atoms with van der Waals surface area (Å²) in [6, 6.07) is 0.750. The van der Waals surface area contributed by atoms with Gasteiger partial charge in [0.05, 0.1) is 5.02 Å². The molecule has 0 unspecified atom stereocenters. The molecule has 0 aliphatic carbocycles. The molecule has 0 aromatic carbocycles. The van der Waals surface area contributed by atoms with Crippen molar-refractivity contribution < 1.29 is 18.7 Å². The Hall–Kier alpha value is -0.750. The second-order valence-electron chi connectivity index (χ2n) is 2.31. The molecule has 0 saturated carbocycles. The minimum absolute atomic E-state index is 0.102. The van der Waals surface area contributed by atoms with Crippen molar-refractivity contribution >= 4 is 33.5 Å². The Labute approximate surface area is 90.8 Å². The maximum absolute atomic E-state index is 12.3. The van der Waals surface area contributed by atoms with Gasteiger partial charge in [0.1, 0.15) is 10.3 Å². The van der Waals surface area contributed by atoms with Crippen LogP contribution in [0.15, 0.2) is 10.7 Å². The highest BCUT2D eigenvalue weighted by Gasteiger charge is 2.19. The van der Waals surface area contributed by atoms with Crippen LogP contribution in [0, 0.1) is 0 Å². The summed E-state index contributed by atoms with van der Waals surface area (Å²) in [5.41, 5.74) is -1.03. The first-order chi connectivity index (χ1) is 6.43. The number of hydrogen-bond acceptors (Lipinski definition) is 2. The number of aromatic carboxylic acids is 1. The Morgan fingerprint density at radius 2 is 2.21 bits per heavy atom. The van der Waals surface area contributed by atoms with Crippen molar-refractivity contribution in [1.82, 2.24) is 4.98 Å². The average Bonchev–Trinajstić information content (AvgIpc) is 2.08. The van der Waals surface area contributed by atoms with Gasteiger partial charge in [-0.3, -0.25) is 0 Å². The zero-order valence-electron chi connectivity index (χ0n) is 6.47. The lowest BCUT2D eigenvalue weighted by atomic mass is 10.2. The van der Waals surface area contributed by atoms with Crippen LogP contribution in [0.5, 0.6) is 0 Å². The molecule has 0 radical (unpaired) electrons. The fraction of sp³-hybridized carbons (Fsp3) is 0.143. The summed E-state index contributed by atoms with van der Waals surface area (Å²) < 4.78 is 24.5. The fourth-order valence-electron chi connectivity index (χ4n) is 0.785. The normalized spacial score (nSPS) is 10.6. The molecule has 0 saturated heterocycles. The van der Waals surface area contributed by atoms with Crippen molar-refractivity contribution in [3.8, 4) is 0 Å². The second-order valence-corrected chi connectivity index (χ2v) is 3.44. The molecule has 1 heterocycles. The SMILES string of the molecule is O=C(O)c1cc(C(F)F)c(Cl)c(Br)n1. The van der Waals surface area contributed by atoms with Crippen molar-refractivity contribution in [3.05, 3.63) is 26.9 Å². The van der Waals surface area contributed by atoms with Crippen LogP contribution in [-0.4, -0.2) is 16.1 Å². The van der Waals surface area contributed by atoms with Crippen molar-refractivity contribution in [2.24, 2.45) is 0 Å². The van der Waals surface area contributed by atoms with Gasteiger partial charge < -0.3 is 5.11 Å². The van der Waals surface area contributed by atoms with Gasteiger partial charge in [-0.1, -0.05) is 11.6 Å². The van der Waals surface area contributed by atoms with Gasteiger partial charge in [-0.2, -0.15) is 0 Å². The predicted molar refractivity (Wildman–Crippen MR) is 48.9 cm³/mol. The third kappa shape index (κ3) is 2.19. The van der Waals surface area contributed by atoms with Crippen LogP contribution < -0.4 is 0 Å². The summed E-state index contributed by atoms with van der Waals surface area (Å²) in [4.78, 5) is 13.9. The van der Waals surface area contributed by atoms with E-state index in [-0.39, 0.29) is 9.63 Å². The zero-order valence-corrected chi connectivity index (χ0v) is 8.81. The molecule has 0 aliphatic rings. The lowest BCUT2D eigenvalue weighted by Crippen LogP contribution is -2.03. The molecule has 14 heavy (non-hydrogen) atoms. The first-order valence-corrected chi connectivity index (χ1v) is 4.48. The van der Waals surface area contributed by atoms with E-state index in [1.807, 2.05) is 0 Å². The van der Waals surface area contributed by atoms with E-state index in [0.717, 1.165) is 6.07 Å². The summed E-state index contributed by atoms with van der Waals surface area (Å²) in [5.74, 6) is -1.38. The first-order valence-electron chi connectivity index (χ1n) is 3.31. The molecule has 1 aromatic rings. The van der Waals surface area contributed by atoms with E-state index >= 15 is 0 Å². The van der Waals surface area contributed by atoms with Crippen LogP contribution in [0.25, 0.3) is 0 Å². The van der Waals surface area contributed by atoms with E-state index in [9.17, 15) is 13.6 Å². The molecular weight excluding hydrogens is 283 g/mol. The molecule has 0 atom stereocenters. The third-order valence-electron chi connectivity index (χ3n) is 1.40. The van der Waals surface area contributed by atoms with E-state index in [0.29, 0.717) is 0 Å². The van der Waals surface area contributed by atoms with Crippen LogP contribution in [0.2, 0.25) is 5.02 Å². The molecule has 1 rings (SSSR count). The number of pyridine rings is 1. The quantitative estimate of drug-likeness (QED) is 0.850. The number of alkyl halides is 2. The van der Waals surface area contributed by atoms with E-state index in [1.54, 1.807) is 0 Å². The van der Waals surface area contributed by atoms with Crippen molar-refractivity contribution in [1.29, 1.82) is 0 Å². The van der Waals surface area contributed by atoms with Gasteiger partial charge in [0.15, 0.2) is 0 Å². The van der Waals surface area contributed by atoms with Crippen molar-refractivity contribution in [2.45, 2.75) is 6.43 Å². The van der Waals surface area contributed by atoms with Gasteiger partial charge in [0, 0.05) is 5.56 Å². The molecular formula is C7H3BrClF2NO2. The van der Waals surface area contributed by atoms with E-state index in [1.165, 1.54) is 0 Å². The molecule has 0 bridgehead atoms. The second kappa shape index (κ2) is 4.18. The Morgan fingerprint density at radius 3 is 2.64 bits per heavy atom. The van der Waals surface area contributed by atoms with E-state index in [2.05, 4.69) is 20.9 Å². The number of carbonyl (C=O) groups is 1. The van der Waals surface area contributed by atoms with Crippen LogP contribution in [0.1, 0.15) is 22.5 Å². The van der Waals surface area contributed by atoms with E-state index in [4.69, 9.17) is 16.7 Å². The van der Waals surface area contributed by atoms with E-state index < -0.39 is 23.7 Å². The number of hydrogen-bond donors (Lipinski definition) is 1. The number of halogens is 4. The molecule has 1 N–H and O–H groups in total. The first kappa shape index (κ1) is 11.3. The fourth-order valence-corrected chi connectivity index (χ4v) is 1.38. The highest BCUT2D eigenvalue weighted by Crippen LogP contribution is 2.32. The molecule has 0 fully saturated rings. The van der Waals surface area contributed by atoms with Gasteiger partial charge in [0.25, 0.3) is 6.43 Å². The molecule has 3 nitrogen and oxygen atoms in total. The summed E-state index contributed by atoms with van der Waals surface area (Å²) >= 11 is 8.28. The maximum Gasteiger partial charge on any atom is 0.354 e. The Bertz CT molecular complexity index is 386. The summed E-state index contributed by atoms with van der Waals surface area (Å²) in [5, 5.41) is 8.26. The number of rotatable bonds is 2. The minimum atomic E-state index is -2.83. The predicted octanol–water partition coefficient (Wildman–Crippen LogP) is 3.13. The third-order valence-corrected chi connectivity index (χ3v) is 2.60. The number of aromatic nitrogens is 1. The number of carboxylic acids is 1. The Kier molecular flexibility index (Phi) is 3.38. The van der Waals surface area contributed by atoms with Crippen molar-refractivity contribution in [3.63, 3.8) is 0 Å².